The molecule has 1 aliphatic carbocycles. The number of hydrogen-bond acceptors (Lipinski definition) is 5. The van der Waals surface area contributed by atoms with Gasteiger partial charge in [0, 0.05) is 11.3 Å². The first-order valence-electron chi connectivity index (χ1n) is 10.1. The number of amides is 1. The lowest BCUT2D eigenvalue weighted by Gasteiger charge is -2.24. The number of ether oxygens (including phenoxy) is 3. The second-order valence-electron chi connectivity index (χ2n) is 7.53. The fourth-order valence-corrected chi connectivity index (χ4v) is 4.13. The van der Waals surface area contributed by atoms with E-state index in [0.717, 1.165) is 53.3 Å². The summed E-state index contributed by atoms with van der Waals surface area (Å²) >= 11 is 0. The van der Waals surface area contributed by atoms with Gasteiger partial charge in [0.05, 0.1) is 31.5 Å². The zero-order chi connectivity index (χ0) is 20.5. The quantitative estimate of drug-likeness (QED) is 0.705. The third kappa shape index (κ3) is 3.47. The molecule has 7 nitrogen and oxygen atoms in total. The molecule has 1 aromatic heterocycles. The van der Waals surface area contributed by atoms with E-state index in [1.807, 2.05) is 53.3 Å². The van der Waals surface area contributed by atoms with Gasteiger partial charge in [0.15, 0.2) is 11.5 Å². The zero-order valence-electron chi connectivity index (χ0n) is 16.8. The summed E-state index contributed by atoms with van der Waals surface area (Å²) in [6.07, 6.45) is 5.03. The molecule has 0 spiro atoms. The first kappa shape index (κ1) is 18.5. The van der Waals surface area contributed by atoms with Gasteiger partial charge in [-0.15, -0.1) is 0 Å². The van der Waals surface area contributed by atoms with Crippen LogP contribution in [0.15, 0.2) is 48.7 Å². The van der Waals surface area contributed by atoms with Gasteiger partial charge in [0.1, 0.15) is 5.75 Å². The minimum atomic E-state index is -0.0257. The van der Waals surface area contributed by atoms with E-state index in [0.29, 0.717) is 12.2 Å². The molecular formula is C23H23N3O4. The number of methoxy groups -OCH3 is 1. The SMILES string of the molecule is COc1ccc(-n2ncc3c2CCCC3NC(=O)Cc2ccc3c(c2)OCO3)cc1. The van der Waals surface area contributed by atoms with Gasteiger partial charge in [-0.1, -0.05) is 6.07 Å². The largest absolute Gasteiger partial charge is 0.497 e. The fourth-order valence-electron chi connectivity index (χ4n) is 4.13. The van der Waals surface area contributed by atoms with Gasteiger partial charge < -0.3 is 19.5 Å². The lowest BCUT2D eigenvalue weighted by Crippen LogP contribution is -2.32. The van der Waals surface area contributed by atoms with E-state index in [-0.39, 0.29) is 18.7 Å². The van der Waals surface area contributed by atoms with Crippen molar-refractivity contribution in [2.24, 2.45) is 0 Å². The van der Waals surface area contributed by atoms with Crippen LogP contribution in [0.5, 0.6) is 17.2 Å². The van der Waals surface area contributed by atoms with Gasteiger partial charge in [-0.25, -0.2) is 4.68 Å². The number of nitrogens with zero attached hydrogens (tertiary/aromatic N) is 2. The van der Waals surface area contributed by atoms with E-state index < -0.39 is 0 Å². The average Bonchev–Trinajstić information content (AvgIpc) is 3.41. The van der Waals surface area contributed by atoms with Crippen LogP contribution in [0.3, 0.4) is 0 Å². The van der Waals surface area contributed by atoms with Crippen LogP contribution in [0.2, 0.25) is 0 Å². The van der Waals surface area contributed by atoms with Gasteiger partial charge >= 0.3 is 0 Å². The van der Waals surface area contributed by atoms with E-state index in [1.54, 1.807) is 7.11 Å². The Bertz CT molecular complexity index is 1070. The lowest BCUT2D eigenvalue weighted by atomic mass is 9.92. The zero-order valence-corrected chi connectivity index (χ0v) is 16.8. The molecule has 0 saturated carbocycles. The Labute approximate surface area is 174 Å². The number of carbonyl (C=O) groups excluding carboxylic acids is 1. The minimum Gasteiger partial charge on any atom is -0.497 e. The summed E-state index contributed by atoms with van der Waals surface area (Å²) < 4.78 is 17.9. The predicted molar refractivity (Wildman–Crippen MR) is 110 cm³/mol. The molecule has 1 atom stereocenters. The molecule has 2 aliphatic rings. The summed E-state index contributed by atoms with van der Waals surface area (Å²) in [6, 6.07) is 13.4. The van der Waals surface area contributed by atoms with E-state index >= 15 is 0 Å². The molecule has 30 heavy (non-hydrogen) atoms. The Morgan fingerprint density at radius 3 is 2.87 bits per heavy atom. The van der Waals surface area contributed by atoms with Crippen molar-refractivity contribution in [1.29, 1.82) is 0 Å². The highest BCUT2D eigenvalue weighted by molar-refractivity contribution is 5.79. The number of nitrogens with one attached hydrogen (secondary N) is 1. The van der Waals surface area contributed by atoms with Crippen molar-refractivity contribution in [3.63, 3.8) is 0 Å². The smallest absolute Gasteiger partial charge is 0.231 e. The second-order valence-corrected chi connectivity index (χ2v) is 7.53. The summed E-state index contributed by atoms with van der Waals surface area (Å²) in [5.41, 5.74) is 4.14. The van der Waals surface area contributed by atoms with Crippen molar-refractivity contribution >= 4 is 5.91 Å². The molecule has 0 bridgehead atoms. The van der Waals surface area contributed by atoms with Crippen LogP contribution in [0.25, 0.3) is 5.69 Å². The molecule has 3 aromatic rings. The van der Waals surface area contributed by atoms with Crippen molar-refractivity contribution in [2.45, 2.75) is 31.7 Å². The summed E-state index contributed by atoms with van der Waals surface area (Å²) in [6.45, 7) is 0.230. The van der Waals surface area contributed by atoms with Crippen molar-refractivity contribution in [1.82, 2.24) is 15.1 Å². The molecule has 5 rings (SSSR count). The van der Waals surface area contributed by atoms with E-state index in [9.17, 15) is 4.79 Å². The maximum atomic E-state index is 12.7. The van der Waals surface area contributed by atoms with Crippen molar-refractivity contribution in [3.05, 3.63) is 65.5 Å². The number of rotatable bonds is 5. The number of aromatic nitrogens is 2. The monoisotopic (exact) mass is 405 g/mol. The highest BCUT2D eigenvalue weighted by atomic mass is 16.7. The molecule has 1 amide bonds. The third-order valence-corrected chi connectivity index (χ3v) is 5.64. The normalized spacial score (nSPS) is 16.8. The summed E-state index contributed by atoms with van der Waals surface area (Å²) in [5.74, 6) is 2.22. The molecule has 2 heterocycles. The van der Waals surface area contributed by atoms with Gasteiger partial charge in [-0.2, -0.15) is 5.10 Å². The van der Waals surface area contributed by atoms with Crippen LogP contribution in [0, 0.1) is 0 Å². The van der Waals surface area contributed by atoms with E-state index in [2.05, 4.69) is 10.4 Å². The summed E-state index contributed by atoms with van der Waals surface area (Å²) in [7, 11) is 1.65. The topological polar surface area (TPSA) is 74.6 Å². The Morgan fingerprint density at radius 2 is 2.03 bits per heavy atom. The molecular weight excluding hydrogens is 382 g/mol. The first-order chi connectivity index (χ1) is 14.7. The Balaban J connectivity index is 1.31. The van der Waals surface area contributed by atoms with Crippen LogP contribution < -0.4 is 19.5 Å². The van der Waals surface area contributed by atoms with E-state index in [1.165, 1.54) is 0 Å². The maximum absolute atomic E-state index is 12.7. The Hall–Kier alpha value is -3.48. The first-order valence-corrected chi connectivity index (χ1v) is 10.1. The molecule has 1 N–H and O–H groups in total. The Morgan fingerprint density at radius 1 is 1.20 bits per heavy atom. The number of benzene rings is 2. The fraction of sp³-hybridized carbons (Fsp3) is 0.304. The highest BCUT2D eigenvalue weighted by Gasteiger charge is 2.26. The highest BCUT2D eigenvalue weighted by Crippen LogP contribution is 2.33. The molecule has 2 aromatic carbocycles. The average molecular weight is 405 g/mol. The second kappa shape index (κ2) is 7.74. The van der Waals surface area contributed by atoms with Gasteiger partial charge in [-0.05, 0) is 61.2 Å². The number of hydrogen-bond donors (Lipinski definition) is 1. The molecule has 7 heteroatoms. The van der Waals surface area contributed by atoms with Crippen molar-refractivity contribution < 1.29 is 19.0 Å². The maximum Gasteiger partial charge on any atom is 0.231 e. The predicted octanol–water partition coefficient (Wildman–Crippen LogP) is 3.35. The van der Waals surface area contributed by atoms with Crippen molar-refractivity contribution in [3.8, 4) is 22.9 Å². The van der Waals surface area contributed by atoms with E-state index in [4.69, 9.17) is 14.2 Å². The minimum absolute atomic E-state index is 0.0103. The summed E-state index contributed by atoms with van der Waals surface area (Å²) in [4.78, 5) is 12.7. The number of fused-ring (bicyclic) bond motifs is 2. The molecule has 154 valence electrons. The van der Waals surface area contributed by atoms with Crippen LogP contribution in [0.1, 0.15) is 35.7 Å². The standard InChI is InChI=1S/C23H23N3O4/c1-28-17-8-6-16(7-9-17)26-20-4-2-3-19(18(20)13-24-26)25-23(27)12-15-5-10-21-22(11-15)30-14-29-21/h5-11,13,19H,2-4,12,14H2,1H3,(H,25,27). The number of carbonyl (C=O) groups is 1. The molecule has 0 radical (unpaired) electrons. The van der Waals surface area contributed by atoms with Gasteiger partial charge in [-0.3, -0.25) is 4.79 Å². The van der Waals surface area contributed by atoms with Gasteiger partial charge in [0.25, 0.3) is 0 Å². The van der Waals surface area contributed by atoms with Crippen LogP contribution in [-0.2, 0) is 17.6 Å². The molecule has 1 aliphatic heterocycles. The van der Waals surface area contributed by atoms with Crippen LogP contribution >= 0.6 is 0 Å². The third-order valence-electron chi connectivity index (χ3n) is 5.64. The molecule has 1 unspecified atom stereocenters. The van der Waals surface area contributed by atoms with Crippen LogP contribution in [0.4, 0.5) is 0 Å². The van der Waals surface area contributed by atoms with Crippen LogP contribution in [-0.4, -0.2) is 29.6 Å². The summed E-state index contributed by atoms with van der Waals surface area (Å²) in [5, 5.41) is 7.79. The van der Waals surface area contributed by atoms with Gasteiger partial charge in [0.2, 0.25) is 12.7 Å². The lowest BCUT2D eigenvalue weighted by molar-refractivity contribution is -0.121. The molecule has 0 saturated heterocycles. The van der Waals surface area contributed by atoms with Crippen molar-refractivity contribution in [2.75, 3.05) is 13.9 Å². The molecule has 0 fully saturated rings. The Kier molecular flexibility index (Phi) is 4.78.